The van der Waals surface area contributed by atoms with E-state index >= 15 is 0 Å². The van der Waals surface area contributed by atoms with Crippen molar-refractivity contribution < 1.29 is 89.4 Å². The number of carbonyl (C=O) groups excluding carboxylic acids is 1. The van der Waals surface area contributed by atoms with Gasteiger partial charge in [-0.15, -0.1) is 0 Å². The van der Waals surface area contributed by atoms with Crippen molar-refractivity contribution in [1.29, 1.82) is 0 Å². The molecular weight excluding hydrogens is 1150 g/mol. The molecule has 0 radical (unpaired) electrons. The Morgan fingerprint density at radius 3 is 1.19 bits per heavy atom. The maximum absolute atomic E-state index is 13.2. The molecule has 19 nitrogen and oxygen atoms in total. The van der Waals surface area contributed by atoms with Gasteiger partial charge in [0.25, 0.3) is 0 Å². The minimum atomic E-state index is -1.97. The van der Waals surface area contributed by atoms with Gasteiger partial charge in [-0.3, -0.25) is 4.79 Å². The largest absolute Gasteiger partial charge is 0.394 e. The number of amides is 1. The first-order chi connectivity index (χ1) is 43.8. The van der Waals surface area contributed by atoms with E-state index in [0.29, 0.717) is 19.3 Å². The van der Waals surface area contributed by atoms with E-state index in [4.69, 9.17) is 28.4 Å². The molecule has 12 N–H and O–H groups in total. The quantitative estimate of drug-likeness (QED) is 0.0201. The van der Waals surface area contributed by atoms with Crippen molar-refractivity contribution in [2.45, 2.75) is 291 Å². The highest BCUT2D eigenvalue weighted by molar-refractivity contribution is 5.76. The van der Waals surface area contributed by atoms with Crippen LogP contribution in [0.15, 0.2) is 122 Å². The molecule has 0 bridgehead atoms. The first-order valence-corrected chi connectivity index (χ1v) is 33.8. The summed E-state index contributed by atoms with van der Waals surface area (Å²) in [6.07, 6.45) is 44.1. The third-order valence-electron chi connectivity index (χ3n) is 16.1. The number of ether oxygens (including phenoxy) is 6. The molecule has 3 heterocycles. The smallest absolute Gasteiger partial charge is 0.220 e. The van der Waals surface area contributed by atoms with E-state index in [1.54, 1.807) is 0 Å². The van der Waals surface area contributed by atoms with Crippen LogP contribution < -0.4 is 5.32 Å². The zero-order valence-corrected chi connectivity index (χ0v) is 54.1. The van der Waals surface area contributed by atoms with Crippen molar-refractivity contribution in [3.05, 3.63) is 122 Å². The summed E-state index contributed by atoms with van der Waals surface area (Å²) in [5.41, 5.74) is 0. The van der Waals surface area contributed by atoms with Crippen LogP contribution in [0.4, 0.5) is 0 Å². The van der Waals surface area contributed by atoms with E-state index in [0.717, 1.165) is 116 Å². The molecule has 17 atom stereocenters. The highest BCUT2D eigenvalue weighted by atomic mass is 16.8. The average Bonchev–Trinajstić information content (AvgIpc) is 1.63. The molecule has 17 unspecified atom stereocenters. The third kappa shape index (κ3) is 33.3. The van der Waals surface area contributed by atoms with Gasteiger partial charge in [0.15, 0.2) is 18.9 Å². The summed E-state index contributed by atoms with van der Waals surface area (Å²) in [5, 5.41) is 120. The summed E-state index contributed by atoms with van der Waals surface area (Å²) < 4.78 is 34.1. The second-order valence-corrected chi connectivity index (χ2v) is 23.6. The van der Waals surface area contributed by atoms with Crippen LogP contribution in [-0.2, 0) is 33.2 Å². The van der Waals surface area contributed by atoms with Crippen LogP contribution in [0.25, 0.3) is 0 Å². The summed E-state index contributed by atoms with van der Waals surface area (Å²) in [7, 11) is 0. The van der Waals surface area contributed by atoms with Crippen LogP contribution in [0.2, 0.25) is 0 Å². The standard InChI is InChI=1S/C71H117NO18/c1-3-5-7-9-10-11-12-13-14-15-16-17-18-19-20-21-22-23-24-25-26-27-28-29-30-31-32-33-34-35-36-37-38-39-40-41-42-43-44-45-47-49-59(77)72-54(55(76)48-46-8-6-4-2)53-85-69-65(83)62(80)67(57(51-74)87-69)90-71-66(84)63(81)68(58(52-75)88-71)89-70-64(82)61(79)60(78)56(50-73)86-70/h5,7,10-11,13-14,16-17,19-20,22-23,25-26,28-29,31-32,34-35,54-58,60-71,73-76,78-84H,3-4,6,8-9,12,15,18,21,24,27,30,33,36-53H2,1-2H3,(H,72,77)/b7-5-,11-10-,14-13-,17-16-,20-19-,23-22-,26-25-,29-28-,32-31-,35-34-. The predicted molar refractivity (Wildman–Crippen MR) is 350 cm³/mol. The van der Waals surface area contributed by atoms with E-state index in [9.17, 15) is 61.0 Å². The van der Waals surface area contributed by atoms with Crippen molar-refractivity contribution in [3.8, 4) is 0 Å². The number of hydrogen-bond acceptors (Lipinski definition) is 18. The Labute approximate surface area is 538 Å². The minimum Gasteiger partial charge on any atom is -0.394 e. The fourth-order valence-corrected chi connectivity index (χ4v) is 10.6. The van der Waals surface area contributed by atoms with Gasteiger partial charge in [0, 0.05) is 6.42 Å². The average molecular weight is 1270 g/mol. The second kappa shape index (κ2) is 51.6. The zero-order valence-electron chi connectivity index (χ0n) is 54.1. The topological polar surface area (TPSA) is 307 Å². The Kier molecular flexibility index (Phi) is 46.1. The van der Waals surface area contributed by atoms with Gasteiger partial charge < -0.3 is 89.9 Å². The number of aliphatic hydroxyl groups excluding tert-OH is 11. The van der Waals surface area contributed by atoms with Gasteiger partial charge in [0.2, 0.25) is 5.91 Å². The van der Waals surface area contributed by atoms with Crippen LogP contribution in [0.1, 0.15) is 187 Å². The number of aliphatic hydroxyl groups is 11. The van der Waals surface area contributed by atoms with E-state index in [2.05, 4.69) is 141 Å². The third-order valence-corrected chi connectivity index (χ3v) is 16.1. The van der Waals surface area contributed by atoms with Crippen molar-refractivity contribution >= 4 is 5.91 Å². The molecule has 19 heteroatoms. The summed E-state index contributed by atoms with van der Waals surface area (Å²) in [4.78, 5) is 13.2. The van der Waals surface area contributed by atoms with Crippen LogP contribution in [-0.4, -0.2) is 193 Å². The minimum absolute atomic E-state index is 0.251. The predicted octanol–water partition coefficient (Wildman–Crippen LogP) is 8.43. The molecule has 1 amide bonds. The first-order valence-electron chi connectivity index (χ1n) is 33.8. The second-order valence-electron chi connectivity index (χ2n) is 23.6. The van der Waals surface area contributed by atoms with E-state index in [1.165, 1.54) is 32.1 Å². The van der Waals surface area contributed by atoms with E-state index < -0.39 is 124 Å². The van der Waals surface area contributed by atoms with Gasteiger partial charge in [-0.25, -0.2) is 0 Å². The monoisotopic (exact) mass is 1270 g/mol. The van der Waals surface area contributed by atoms with Crippen molar-refractivity contribution in [2.75, 3.05) is 26.4 Å². The van der Waals surface area contributed by atoms with Crippen LogP contribution in [0.3, 0.4) is 0 Å². The molecule has 514 valence electrons. The Hall–Kier alpha value is -3.81. The van der Waals surface area contributed by atoms with Gasteiger partial charge in [0.05, 0.1) is 38.6 Å². The summed E-state index contributed by atoms with van der Waals surface area (Å²) in [6, 6.07) is -0.893. The van der Waals surface area contributed by atoms with Gasteiger partial charge in [-0.2, -0.15) is 0 Å². The number of rotatable bonds is 49. The van der Waals surface area contributed by atoms with Gasteiger partial charge in [-0.1, -0.05) is 212 Å². The van der Waals surface area contributed by atoms with E-state index in [1.807, 2.05) is 0 Å². The molecule has 0 spiro atoms. The molecule has 3 fully saturated rings. The Bertz CT molecular complexity index is 2100. The first kappa shape index (κ1) is 80.4. The Morgan fingerprint density at radius 2 is 0.767 bits per heavy atom. The van der Waals surface area contributed by atoms with Crippen molar-refractivity contribution in [2.24, 2.45) is 0 Å². The molecular formula is C71H117NO18. The molecule has 0 aromatic heterocycles. The summed E-state index contributed by atoms with van der Waals surface area (Å²) in [6.45, 7) is 1.50. The Balaban J connectivity index is 1.24. The lowest BCUT2D eigenvalue weighted by atomic mass is 9.96. The maximum atomic E-state index is 13.2. The molecule has 3 rings (SSSR count). The van der Waals surface area contributed by atoms with Crippen LogP contribution in [0.5, 0.6) is 0 Å². The normalized spacial score (nSPS) is 28.8. The molecule has 0 saturated carbocycles. The molecule has 3 saturated heterocycles. The van der Waals surface area contributed by atoms with Crippen LogP contribution in [0, 0.1) is 0 Å². The molecule has 90 heavy (non-hydrogen) atoms. The number of carbonyl (C=O) groups is 1. The SMILES string of the molecule is CC/C=C\C/C=C\C/C=C\C/C=C\C/C=C\C/C=C\C/C=C\C/C=C\C/C=C\C/C=C\CCCCCCCCCCCCC(=O)NC(COC1OC(CO)C(OC2OC(CO)C(OC3OC(CO)C(O)C(O)C3O)C(O)C2O)C(O)C1O)C(O)CCCCCC. The lowest BCUT2D eigenvalue weighted by Crippen LogP contribution is -2.66. The maximum Gasteiger partial charge on any atom is 0.220 e. The summed E-state index contributed by atoms with van der Waals surface area (Å²) in [5.74, 6) is -0.263. The van der Waals surface area contributed by atoms with E-state index in [-0.39, 0.29) is 18.9 Å². The van der Waals surface area contributed by atoms with Crippen LogP contribution >= 0.6 is 0 Å². The Morgan fingerprint density at radius 1 is 0.411 bits per heavy atom. The van der Waals surface area contributed by atoms with Gasteiger partial charge >= 0.3 is 0 Å². The number of unbranched alkanes of at least 4 members (excludes halogenated alkanes) is 13. The van der Waals surface area contributed by atoms with Crippen molar-refractivity contribution in [1.82, 2.24) is 5.32 Å². The highest BCUT2D eigenvalue weighted by Gasteiger charge is 2.53. The molecule has 0 aromatic rings. The number of nitrogens with one attached hydrogen (secondary N) is 1. The molecule has 0 aliphatic carbocycles. The van der Waals surface area contributed by atoms with Gasteiger partial charge in [-0.05, 0) is 89.9 Å². The number of allylic oxidation sites excluding steroid dienone is 20. The lowest BCUT2D eigenvalue weighted by molar-refractivity contribution is -0.379. The lowest BCUT2D eigenvalue weighted by Gasteiger charge is -2.48. The fourth-order valence-electron chi connectivity index (χ4n) is 10.6. The van der Waals surface area contributed by atoms with Gasteiger partial charge in [0.1, 0.15) is 73.2 Å². The molecule has 3 aliphatic rings. The number of hydrogen-bond donors (Lipinski definition) is 12. The molecule has 0 aromatic carbocycles. The van der Waals surface area contributed by atoms with Crippen molar-refractivity contribution in [3.63, 3.8) is 0 Å². The molecule has 3 aliphatic heterocycles. The highest BCUT2D eigenvalue weighted by Crippen LogP contribution is 2.33. The zero-order chi connectivity index (χ0) is 65.4. The summed E-state index contributed by atoms with van der Waals surface area (Å²) >= 11 is 0. The fraction of sp³-hybridized carbons (Fsp3) is 0.704.